The third-order valence-electron chi connectivity index (χ3n) is 4.06. The highest BCUT2D eigenvalue weighted by atomic mass is 16.6. The molecule has 0 bridgehead atoms. The van der Waals surface area contributed by atoms with Crippen molar-refractivity contribution in [3.63, 3.8) is 0 Å². The third kappa shape index (κ3) is 3.85. The van der Waals surface area contributed by atoms with E-state index in [-0.39, 0.29) is 23.0 Å². The Balaban J connectivity index is 1.94. The molecular weight excluding hydrogens is 362 g/mol. The summed E-state index contributed by atoms with van der Waals surface area (Å²) in [5.41, 5.74) is 0.365. The monoisotopic (exact) mass is 381 g/mol. The van der Waals surface area contributed by atoms with E-state index in [1.54, 1.807) is 45.0 Å². The number of nitrogens with zero attached hydrogens (tertiary/aromatic N) is 1. The van der Waals surface area contributed by atoms with Gasteiger partial charge in [-0.25, -0.2) is 0 Å². The lowest BCUT2D eigenvalue weighted by molar-refractivity contribution is -0.384. The molecule has 3 rings (SSSR count). The SMILES string of the molecule is CC(C)(C)C(=O)Nc1c(C(=O)Nc2ccc([N+](=O)[O-])cc2)oc2ccccc12. The van der Waals surface area contributed by atoms with Gasteiger partial charge in [0.25, 0.3) is 11.6 Å². The van der Waals surface area contributed by atoms with Crippen LogP contribution in [0.5, 0.6) is 0 Å². The van der Waals surface area contributed by atoms with Crippen LogP contribution < -0.4 is 10.6 Å². The minimum atomic E-state index is -0.662. The van der Waals surface area contributed by atoms with Gasteiger partial charge in [0.05, 0.1) is 4.92 Å². The van der Waals surface area contributed by atoms with Crippen molar-refractivity contribution in [3.8, 4) is 0 Å². The van der Waals surface area contributed by atoms with Crippen LogP contribution in [0.3, 0.4) is 0 Å². The zero-order valence-corrected chi connectivity index (χ0v) is 15.6. The Morgan fingerprint density at radius 1 is 1.00 bits per heavy atom. The van der Waals surface area contributed by atoms with Crippen LogP contribution in [0.2, 0.25) is 0 Å². The number of non-ortho nitro benzene ring substituents is 1. The van der Waals surface area contributed by atoms with Gasteiger partial charge < -0.3 is 15.1 Å². The molecule has 1 heterocycles. The average molecular weight is 381 g/mol. The number of amides is 2. The Bertz CT molecular complexity index is 1060. The van der Waals surface area contributed by atoms with E-state index in [2.05, 4.69) is 10.6 Å². The number of para-hydroxylation sites is 1. The number of benzene rings is 2. The number of rotatable bonds is 4. The van der Waals surface area contributed by atoms with Crippen molar-refractivity contribution < 1.29 is 18.9 Å². The number of nitro benzene ring substituents is 1. The molecule has 144 valence electrons. The van der Waals surface area contributed by atoms with Gasteiger partial charge in [0.2, 0.25) is 11.7 Å². The maximum Gasteiger partial charge on any atom is 0.293 e. The van der Waals surface area contributed by atoms with Gasteiger partial charge in [-0.05, 0) is 24.3 Å². The highest BCUT2D eigenvalue weighted by Crippen LogP contribution is 2.33. The zero-order chi connectivity index (χ0) is 20.5. The third-order valence-corrected chi connectivity index (χ3v) is 4.06. The summed E-state index contributed by atoms with van der Waals surface area (Å²) in [6.45, 7) is 5.30. The maximum atomic E-state index is 12.8. The summed E-state index contributed by atoms with van der Waals surface area (Å²) in [5, 5.41) is 16.8. The van der Waals surface area contributed by atoms with Crippen LogP contribution in [0.4, 0.5) is 17.1 Å². The molecule has 0 saturated heterocycles. The molecule has 0 aliphatic carbocycles. The lowest BCUT2D eigenvalue weighted by Gasteiger charge is -2.17. The van der Waals surface area contributed by atoms with Crippen molar-refractivity contribution in [2.24, 2.45) is 5.41 Å². The predicted molar refractivity (Wildman–Crippen MR) is 105 cm³/mol. The maximum absolute atomic E-state index is 12.8. The summed E-state index contributed by atoms with van der Waals surface area (Å²) >= 11 is 0. The molecule has 1 aromatic heterocycles. The molecule has 2 aromatic carbocycles. The van der Waals surface area contributed by atoms with E-state index in [4.69, 9.17) is 4.42 Å². The predicted octanol–water partition coefficient (Wildman–Crippen LogP) is 4.58. The van der Waals surface area contributed by atoms with E-state index in [1.807, 2.05) is 0 Å². The molecule has 0 spiro atoms. The van der Waals surface area contributed by atoms with Crippen molar-refractivity contribution in [2.75, 3.05) is 10.6 Å². The number of hydrogen-bond acceptors (Lipinski definition) is 5. The van der Waals surface area contributed by atoms with Crippen LogP contribution >= 0.6 is 0 Å². The first-order valence-electron chi connectivity index (χ1n) is 8.55. The van der Waals surface area contributed by atoms with E-state index >= 15 is 0 Å². The molecule has 28 heavy (non-hydrogen) atoms. The number of fused-ring (bicyclic) bond motifs is 1. The lowest BCUT2D eigenvalue weighted by Crippen LogP contribution is -2.28. The Morgan fingerprint density at radius 3 is 2.25 bits per heavy atom. The summed E-state index contributed by atoms with van der Waals surface area (Å²) < 4.78 is 5.67. The summed E-state index contributed by atoms with van der Waals surface area (Å²) in [6.07, 6.45) is 0. The molecule has 8 nitrogen and oxygen atoms in total. The van der Waals surface area contributed by atoms with Gasteiger partial charge in [-0.2, -0.15) is 0 Å². The van der Waals surface area contributed by atoms with Crippen LogP contribution in [-0.2, 0) is 4.79 Å². The lowest BCUT2D eigenvalue weighted by atomic mass is 9.95. The molecule has 0 unspecified atom stereocenters. The number of anilines is 2. The minimum absolute atomic E-state index is 0.0443. The summed E-state index contributed by atoms with van der Waals surface area (Å²) in [6, 6.07) is 12.4. The van der Waals surface area contributed by atoms with E-state index in [1.165, 1.54) is 24.3 Å². The standard InChI is InChI=1S/C20H19N3O5/c1-20(2,3)19(25)22-16-14-6-4-5-7-15(14)28-17(16)18(24)21-12-8-10-13(11-9-12)23(26)27/h4-11H,1-3H3,(H,21,24)(H,22,25). The largest absolute Gasteiger partial charge is 0.449 e. The Kier molecular flexibility index (Phi) is 4.87. The highest BCUT2D eigenvalue weighted by molar-refractivity contribution is 6.15. The second-order valence-corrected chi connectivity index (χ2v) is 7.26. The molecule has 8 heteroatoms. The zero-order valence-electron chi connectivity index (χ0n) is 15.6. The molecule has 0 aliphatic heterocycles. The van der Waals surface area contributed by atoms with Crippen molar-refractivity contribution in [2.45, 2.75) is 20.8 Å². The topological polar surface area (TPSA) is 114 Å². The highest BCUT2D eigenvalue weighted by Gasteiger charge is 2.27. The normalized spacial score (nSPS) is 11.2. The van der Waals surface area contributed by atoms with Gasteiger partial charge in [0.15, 0.2) is 0 Å². The second kappa shape index (κ2) is 7.15. The molecule has 2 amide bonds. The second-order valence-electron chi connectivity index (χ2n) is 7.26. The minimum Gasteiger partial charge on any atom is -0.449 e. The molecule has 3 aromatic rings. The van der Waals surface area contributed by atoms with Crippen molar-refractivity contribution >= 4 is 39.8 Å². The molecule has 0 atom stereocenters. The van der Waals surface area contributed by atoms with Crippen molar-refractivity contribution in [1.29, 1.82) is 0 Å². The van der Waals surface area contributed by atoms with Crippen LogP contribution in [-0.4, -0.2) is 16.7 Å². The Morgan fingerprint density at radius 2 is 1.64 bits per heavy atom. The van der Waals surface area contributed by atoms with Gasteiger partial charge in [0.1, 0.15) is 11.3 Å². The molecule has 2 N–H and O–H groups in total. The number of carbonyl (C=O) groups is 2. The van der Waals surface area contributed by atoms with E-state index in [0.717, 1.165) is 0 Å². The fraction of sp³-hybridized carbons (Fsp3) is 0.200. The Labute approximate surface area is 160 Å². The number of furan rings is 1. The quantitative estimate of drug-likeness (QED) is 0.507. The number of nitrogens with one attached hydrogen (secondary N) is 2. The van der Waals surface area contributed by atoms with Gasteiger partial charge >= 0.3 is 0 Å². The van der Waals surface area contributed by atoms with Crippen molar-refractivity contribution in [1.82, 2.24) is 0 Å². The first kappa shape index (κ1) is 19.1. The molecule has 0 fully saturated rings. The molecule has 0 saturated carbocycles. The van der Waals surface area contributed by atoms with Crippen LogP contribution in [0, 0.1) is 15.5 Å². The number of carbonyl (C=O) groups excluding carboxylic acids is 2. The fourth-order valence-corrected chi connectivity index (χ4v) is 2.48. The van der Waals surface area contributed by atoms with Crippen LogP contribution in [0.25, 0.3) is 11.0 Å². The van der Waals surface area contributed by atoms with Gasteiger partial charge in [-0.1, -0.05) is 32.9 Å². The van der Waals surface area contributed by atoms with E-state index < -0.39 is 16.2 Å². The fourth-order valence-electron chi connectivity index (χ4n) is 2.48. The molecule has 0 radical (unpaired) electrons. The molecular formula is C20H19N3O5. The van der Waals surface area contributed by atoms with Crippen LogP contribution in [0.15, 0.2) is 52.9 Å². The van der Waals surface area contributed by atoms with Gasteiger partial charge in [-0.15, -0.1) is 0 Å². The average Bonchev–Trinajstić information content (AvgIpc) is 3.00. The van der Waals surface area contributed by atoms with Gasteiger partial charge in [-0.3, -0.25) is 19.7 Å². The van der Waals surface area contributed by atoms with E-state index in [0.29, 0.717) is 16.7 Å². The summed E-state index contributed by atoms with van der Waals surface area (Å²) in [5.74, 6) is -0.880. The Hall–Kier alpha value is -3.68. The first-order chi connectivity index (χ1) is 13.2. The molecule has 0 aliphatic rings. The smallest absolute Gasteiger partial charge is 0.293 e. The van der Waals surface area contributed by atoms with Crippen LogP contribution in [0.1, 0.15) is 31.3 Å². The van der Waals surface area contributed by atoms with E-state index in [9.17, 15) is 19.7 Å². The number of hydrogen-bond donors (Lipinski definition) is 2. The number of nitro groups is 1. The van der Waals surface area contributed by atoms with Crippen molar-refractivity contribution in [3.05, 3.63) is 64.4 Å². The first-order valence-corrected chi connectivity index (χ1v) is 8.55. The summed E-state index contributed by atoms with van der Waals surface area (Å²) in [7, 11) is 0. The summed E-state index contributed by atoms with van der Waals surface area (Å²) in [4.78, 5) is 35.5. The van der Waals surface area contributed by atoms with Gasteiger partial charge in [0, 0.05) is 28.6 Å².